The van der Waals surface area contributed by atoms with E-state index in [1.165, 1.54) is 6.26 Å². The summed E-state index contributed by atoms with van der Waals surface area (Å²) >= 11 is 0. The highest BCUT2D eigenvalue weighted by molar-refractivity contribution is 5.79. The quantitative estimate of drug-likeness (QED) is 0.824. The molecule has 2 aromatic rings. The molecule has 0 aliphatic carbocycles. The van der Waals surface area contributed by atoms with Crippen molar-refractivity contribution < 1.29 is 19.1 Å². The van der Waals surface area contributed by atoms with E-state index in [2.05, 4.69) is 5.32 Å². The summed E-state index contributed by atoms with van der Waals surface area (Å²) in [6.45, 7) is 3.99. The van der Waals surface area contributed by atoms with Crippen LogP contribution in [0.15, 0.2) is 47.1 Å². The molecule has 2 rings (SSSR count). The molecule has 1 aromatic heterocycles. The van der Waals surface area contributed by atoms with Gasteiger partial charge in [-0.1, -0.05) is 18.2 Å². The molecule has 0 saturated heterocycles. The van der Waals surface area contributed by atoms with Gasteiger partial charge < -0.3 is 19.6 Å². The second kappa shape index (κ2) is 7.66. The van der Waals surface area contributed by atoms with Crippen LogP contribution in [-0.2, 0) is 11.2 Å². The molecule has 1 atom stereocenters. The maximum Gasteiger partial charge on any atom is 0.224 e. The van der Waals surface area contributed by atoms with E-state index in [1.807, 2.05) is 38.1 Å². The number of nitrogens with one attached hydrogen (secondary N) is 1. The lowest BCUT2D eigenvalue weighted by Crippen LogP contribution is -2.29. The van der Waals surface area contributed by atoms with E-state index in [1.54, 1.807) is 12.1 Å². The van der Waals surface area contributed by atoms with Crippen molar-refractivity contribution >= 4 is 5.91 Å². The molecule has 5 nitrogen and oxygen atoms in total. The highest BCUT2D eigenvalue weighted by Crippen LogP contribution is 2.20. The zero-order chi connectivity index (χ0) is 15.9. The molecule has 0 bridgehead atoms. The Labute approximate surface area is 129 Å². The summed E-state index contributed by atoms with van der Waals surface area (Å²) < 4.78 is 10.8. The van der Waals surface area contributed by atoms with E-state index in [-0.39, 0.29) is 25.0 Å². The second-order valence-electron chi connectivity index (χ2n) is 5.29. The van der Waals surface area contributed by atoms with Gasteiger partial charge in [0.25, 0.3) is 0 Å². The third-order valence-electron chi connectivity index (χ3n) is 3.05. The molecule has 1 amide bonds. The third-order valence-corrected chi connectivity index (χ3v) is 3.05. The first-order valence-electron chi connectivity index (χ1n) is 7.29. The fourth-order valence-electron chi connectivity index (χ4n) is 2.05. The average Bonchev–Trinajstić information content (AvgIpc) is 3.00. The van der Waals surface area contributed by atoms with Crippen molar-refractivity contribution in [3.63, 3.8) is 0 Å². The van der Waals surface area contributed by atoms with Crippen LogP contribution in [0.5, 0.6) is 5.75 Å². The van der Waals surface area contributed by atoms with Gasteiger partial charge in [-0.2, -0.15) is 0 Å². The van der Waals surface area contributed by atoms with Crippen LogP contribution in [0.3, 0.4) is 0 Å². The van der Waals surface area contributed by atoms with Crippen LogP contribution in [0.4, 0.5) is 0 Å². The molecule has 0 radical (unpaired) electrons. The molecule has 1 heterocycles. The Bertz CT molecular complexity index is 592. The first-order valence-corrected chi connectivity index (χ1v) is 7.29. The van der Waals surface area contributed by atoms with Crippen LogP contribution in [0, 0.1) is 0 Å². The molecule has 0 saturated carbocycles. The summed E-state index contributed by atoms with van der Waals surface area (Å²) in [7, 11) is 0. The largest absolute Gasteiger partial charge is 0.491 e. The molecule has 1 aromatic carbocycles. The summed E-state index contributed by atoms with van der Waals surface area (Å²) in [6.07, 6.45) is 0.888. The van der Waals surface area contributed by atoms with Crippen molar-refractivity contribution in [1.29, 1.82) is 0 Å². The number of aliphatic hydroxyl groups is 1. The van der Waals surface area contributed by atoms with Gasteiger partial charge in [0, 0.05) is 5.56 Å². The standard InChI is InChI=1S/C17H21NO4/c1-12(2)22-15-7-4-3-6-13(15)10-17(20)18-11-14(19)16-8-5-9-21-16/h3-9,12,14,19H,10-11H2,1-2H3,(H,18,20). The minimum Gasteiger partial charge on any atom is -0.491 e. The minimum atomic E-state index is -0.846. The number of carbonyl (C=O) groups excluding carboxylic acids is 1. The number of benzene rings is 1. The Balaban J connectivity index is 1.89. The summed E-state index contributed by atoms with van der Waals surface area (Å²) in [4.78, 5) is 12.0. The van der Waals surface area contributed by atoms with Gasteiger partial charge in [0.1, 0.15) is 17.6 Å². The van der Waals surface area contributed by atoms with Gasteiger partial charge in [-0.05, 0) is 32.0 Å². The minimum absolute atomic E-state index is 0.0463. The molecular weight excluding hydrogens is 282 g/mol. The number of amides is 1. The molecule has 0 spiro atoms. The topological polar surface area (TPSA) is 71.7 Å². The molecule has 22 heavy (non-hydrogen) atoms. The SMILES string of the molecule is CC(C)Oc1ccccc1CC(=O)NCC(O)c1ccco1. The van der Waals surface area contributed by atoms with Crippen LogP contribution in [0.2, 0.25) is 0 Å². The number of hydrogen-bond donors (Lipinski definition) is 2. The number of furan rings is 1. The molecule has 2 N–H and O–H groups in total. The predicted molar refractivity (Wildman–Crippen MR) is 82.6 cm³/mol. The predicted octanol–water partition coefficient (Wildman–Crippen LogP) is 2.46. The van der Waals surface area contributed by atoms with Crippen molar-refractivity contribution in [3.05, 3.63) is 54.0 Å². The van der Waals surface area contributed by atoms with E-state index in [0.29, 0.717) is 11.5 Å². The third kappa shape index (κ3) is 4.63. The highest BCUT2D eigenvalue weighted by atomic mass is 16.5. The highest BCUT2D eigenvalue weighted by Gasteiger charge is 2.14. The Morgan fingerprint density at radius 2 is 2.05 bits per heavy atom. The number of rotatable bonds is 7. The van der Waals surface area contributed by atoms with Gasteiger partial charge in [0.15, 0.2) is 0 Å². The monoisotopic (exact) mass is 303 g/mol. The lowest BCUT2D eigenvalue weighted by Gasteiger charge is -2.14. The van der Waals surface area contributed by atoms with E-state index in [0.717, 1.165) is 5.56 Å². The maximum atomic E-state index is 12.0. The van der Waals surface area contributed by atoms with Gasteiger partial charge in [0.05, 0.1) is 25.3 Å². The van der Waals surface area contributed by atoms with Crippen LogP contribution in [-0.4, -0.2) is 23.7 Å². The number of hydrogen-bond acceptors (Lipinski definition) is 4. The Hall–Kier alpha value is -2.27. The molecule has 5 heteroatoms. The summed E-state index contributed by atoms with van der Waals surface area (Å²) in [6, 6.07) is 10.8. The number of para-hydroxylation sites is 1. The van der Waals surface area contributed by atoms with Gasteiger partial charge >= 0.3 is 0 Å². The van der Waals surface area contributed by atoms with E-state index in [9.17, 15) is 9.90 Å². The summed E-state index contributed by atoms with van der Waals surface area (Å²) in [5.41, 5.74) is 0.821. The number of carbonyl (C=O) groups is 1. The number of aliphatic hydroxyl groups excluding tert-OH is 1. The zero-order valence-corrected chi connectivity index (χ0v) is 12.8. The molecular formula is C17H21NO4. The van der Waals surface area contributed by atoms with Crippen LogP contribution >= 0.6 is 0 Å². The van der Waals surface area contributed by atoms with Crippen molar-refractivity contribution in [2.24, 2.45) is 0 Å². The molecule has 0 aliphatic heterocycles. The van der Waals surface area contributed by atoms with Gasteiger partial charge in [-0.15, -0.1) is 0 Å². The molecule has 1 unspecified atom stereocenters. The first-order chi connectivity index (χ1) is 10.6. The Morgan fingerprint density at radius 3 is 2.73 bits per heavy atom. The Morgan fingerprint density at radius 1 is 1.27 bits per heavy atom. The summed E-state index contributed by atoms with van der Waals surface area (Å²) in [5.74, 6) is 0.966. The fourth-order valence-corrected chi connectivity index (χ4v) is 2.05. The second-order valence-corrected chi connectivity index (χ2v) is 5.29. The van der Waals surface area contributed by atoms with E-state index >= 15 is 0 Å². The smallest absolute Gasteiger partial charge is 0.224 e. The van der Waals surface area contributed by atoms with Crippen LogP contribution < -0.4 is 10.1 Å². The number of ether oxygens (including phenoxy) is 1. The van der Waals surface area contributed by atoms with Gasteiger partial charge in [-0.25, -0.2) is 0 Å². The normalized spacial score (nSPS) is 12.2. The fraction of sp³-hybridized carbons (Fsp3) is 0.353. The van der Waals surface area contributed by atoms with Gasteiger partial charge in [0.2, 0.25) is 5.91 Å². The van der Waals surface area contributed by atoms with E-state index < -0.39 is 6.10 Å². The van der Waals surface area contributed by atoms with E-state index in [4.69, 9.17) is 9.15 Å². The Kier molecular flexibility index (Phi) is 5.61. The van der Waals surface area contributed by atoms with Gasteiger partial charge in [-0.3, -0.25) is 4.79 Å². The van der Waals surface area contributed by atoms with Crippen molar-refractivity contribution in [2.45, 2.75) is 32.5 Å². The van der Waals surface area contributed by atoms with Crippen molar-refractivity contribution in [1.82, 2.24) is 5.32 Å². The lowest BCUT2D eigenvalue weighted by molar-refractivity contribution is -0.121. The first kappa shape index (κ1) is 16.1. The van der Waals surface area contributed by atoms with Crippen LogP contribution in [0.25, 0.3) is 0 Å². The summed E-state index contributed by atoms with van der Waals surface area (Å²) in [5, 5.41) is 12.6. The van der Waals surface area contributed by atoms with Crippen molar-refractivity contribution in [3.8, 4) is 5.75 Å². The van der Waals surface area contributed by atoms with Crippen LogP contribution in [0.1, 0.15) is 31.3 Å². The molecule has 0 aliphatic rings. The van der Waals surface area contributed by atoms with Crippen molar-refractivity contribution in [2.75, 3.05) is 6.54 Å². The molecule has 118 valence electrons. The zero-order valence-electron chi connectivity index (χ0n) is 12.8. The average molecular weight is 303 g/mol. The lowest BCUT2D eigenvalue weighted by atomic mass is 10.1. The molecule has 0 fully saturated rings. The maximum absolute atomic E-state index is 12.0.